The summed E-state index contributed by atoms with van der Waals surface area (Å²) in [6, 6.07) is 16.9. The molecule has 3 nitrogen and oxygen atoms in total. The lowest BCUT2D eigenvalue weighted by Gasteiger charge is -2.13. The Bertz CT molecular complexity index is 599. The van der Waals surface area contributed by atoms with Crippen LogP contribution in [0.1, 0.15) is 50.7 Å². The van der Waals surface area contributed by atoms with Gasteiger partial charge in [-0.15, -0.1) is 0 Å². The van der Waals surface area contributed by atoms with E-state index in [0.29, 0.717) is 0 Å². The van der Waals surface area contributed by atoms with Gasteiger partial charge in [0.1, 0.15) is 11.5 Å². The zero-order valence-corrected chi connectivity index (χ0v) is 17.0. The quantitative estimate of drug-likeness (QED) is 0.451. The Morgan fingerprint density at radius 3 is 1.81 bits per heavy atom. The smallest absolute Gasteiger partial charge is 0.123 e. The minimum atomic E-state index is 0.768. The maximum atomic E-state index is 5.92. The van der Waals surface area contributed by atoms with E-state index in [1.165, 1.54) is 11.1 Å². The van der Waals surface area contributed by atoms with Crippen molar-refractivity contribution < 1.29 is 9.47 Å². The fraction of sp³-hybridized carbons (Fsp3) is 0.500. The average Bonchev–Trinajstić information content (AvgIpc) is 2.69. The summed E-state index contributed by atoms with van der Waals surface area (Å²) >= 11 is 0. The highest BCUT2D eigenvalue weighted by Gasteiger charge is 2.04. The third-order valence-electron chi connectivity index (χ3n) is 4.50. The first-order valence-corrected chi connectivity index (χ1v) is 10.5. The standard InChI is InChI=1S/C24H35NO2/c1-3-5-16-26-23-18-22(19-24(20-23)27-17-6-4-2)13-15-25-14-12-21-10-8-7-9-11-21/h7-11,18-20,25H,3-6,12-17H2,1-2H3. The topological polar surface area (TPSA) is 30.5 Å². The molecule has 0 fully saturated rings. The minimum absolute atomic E-state index is 0.768. The molecule has 0 heterocycles. The molecule has 0 unspecified atom stereocenters. The average molecular weight is 370 g/mol. The molecule has 148 valence electrons. The van der Waals surface area contributed by atoms with Crippen molar-refractivity contribution in [3.63, 3.8) is 0 Å². The van der Waals surface area contributed by atoms with Crippen molar-refractivity contribution in [2.24, 2.45) is 0 Å². The second-order valence-electron chi connectivity index (χ2n) is 6.95. The van der Waals surface area contributed by atoms with Gasteiger partial charge in [0.25, 0.3) is 0 Å². The SMILES string of the molecule is CCCCOc1cc(CCNCCc2ccccc2)cc(OCCCC)c1. The van der Waals surface area contributed by atoms with Gasteiger partial charge in [-0.05, 0) is 62.0 Å². The van der Waals surface area contributed by atoms with Crippen LogP contribution in [0.3, 0.4) is 0 Å². The summed E-state index contributed by atoms with van der Waals surface area (Å²) < 4.78 is 11.8. The van der Waals surface area contributed by atoms with E-state index in [2.05, 4.69) is 61.6 Å². The van der Waals surface area contributed by atoms with Crippen molar-refractivity contribution in [3.8, 4) is 11.5 Å². The third-order valence-corrected chi connectivity index (χ3v) is 4.50. The first kappa shape index (κ1) is 21.3. The van der Waals surface area contributed by atoms with E-state index in [4.69, 9.17) is 9.47 Å². The van der Waals surface area contributed by atoms with Gasteiger partial charge in [0.05, 0.1) is 13.2 Å². The predicted molar refractivity (Wildman–Crippen MR) is 114 cm³/mol. The highest BCUT2D eigenvalue weighted by atomic mass is 16.5. The molecule has 0 radical (unpaired) electrons. The number of hydrogen-bond donors (Lipinski definition) is 1. The molecule has 0 aromatic heterocycles. The van der Waals surface area contributed by atoms with Crippen molar-refractivity contribution in [2.75, 3.05) is 26.3 Å². The maximum Gasteiger partial charge on any atom is 0.123 e. The lowest BCUT2D eigenvalue weighted by atomic mass is 10.1. The number of unbranched alkanes of at least 4 members (excludes halogenated alkanes) is 2. The lowest BCUT2D eigenvalue weighted by molar-refractivity contribution is 0.293. The number of hydrogen-bond acceptors (Lipinski definition) is 3. The molecule has 1 N–H and O–H groups in total. The Morgan fingerprint density at radius 2 is 1.26 bits per heavy atom. The second-order valence-corrected chi connectivity index (χ2v) is 6.95. The molecule has 0 bridgehead atoms. The van der Waals surface area contributed by atoms with Gasteiger partial charge in [0.2, 0.25) is 0 Å². The maximum absolute atomic E-state index is 5.92. The Balaban J connectivity index is 1.82. The molecular formula is C24H35NO2. The van der Waals surface area contributed by atoms with Crippen molar-refractivity contribution in [2.45, 2.75) is 52.4 Å². The van der Waals surface area contributed by atoms with E-state index in [9.17, 15) is 0 Å². The first-order valence-electron chi connectivity index (χ1n) is 10.5. The van der Waals surface area contributed by atoms with Gasteiger partial charge in [-0.3, -0.25) is 0 Å². The van der Waals surface area contributed by atoms with Gasteiger partial charge in [-0.1, -0.05) is 57.0 Å². The Kier molecular flexibility index (Phi) is 10.4. The fourth-order valence-electron chi connectivity index (χ4n) is 2.85. The zero-order valence-electron chi connectivity index (χ0n) is 17.0. The van der Waals surface area contributed by atoms with Crippen LogP contribution in [0.2, 0.25) is 0 Å². The van der Waals surface area contributed by atoms with E-state index in [1.807, 2.05) is 6.07 Å². The summed E-state index contributed by atoms with van der Waals surface area (Å²) in [7, 11) is 0. The first-order chi connectivity index (χ1) is 13.3. The van der Waals surface area contributed by atoms with Crippen LogP contribution in [0.15, 0.2) is 48.5 Å². The number of nitrogens with one attached hydrogen (secondary N) is 1. The van der Waals surface area contributed by atoms with Crippen LogP contribution in [-0.2, 0) is 12.8 Å². The minimum Gasteiger partial charge on any atom is -0.493 e. The molecule has 3 heteroatoms. The lowest BCUT2D eigenvalue weighted by Crippen LogP contribution is -2.20. The van der Waals surface area contributed by atoms with Gasteiger partial charge in [-0.2, -0.15) is 0 Å². The third kappa shape index (κ3) is 8.96. The zero-order chi connectivity index (χ0) is 19.2. The van der Waals surface area contributed by atoms with Crippen molar-refractivity contribution in [1.29, 1.82) is 0 Å². The van der Waals surface area contributed by atoms with Gasteiger partial charge >= 0.3 is 0 Å². The normalized spacial score (nSPS) is 10.7. The van der Waals surface area contributed by atoms with Crippen molar-refractivity contribution in [1.82, 2.24) is 5.32 Å². The van der Waals surface area contributed by atoms with Crippen molar-refractivity contribution >= 4 is 0 Å². The van der Waals surface area contributed by atoms with E-state index in [1.54, 1.807) is 0 Å². The van der Waals surface area contributed by atoms with Gasteiger partial charge in [0.15, 0.2) is 0 Å². The summed E-state index contributed by atoms with van der Waals surface area (Å²) in [5.41, 5.74) is 2.64. The monoisotopic (exact) mass is 369 g/mol. The van der Waals surface area contributed by atoms with Crippen LogP contribution in [0, 0.1) is 0 Å². The van der Waals surface area contributed by atoms with Gasteiger partial charge in [0, 0.05) is 6.07 Å². The second kappa shape index (κ2) is 13.2. The molecule has 0 atom stereocenters. The van der Waals surface area contributed by atoms with Crippen LogP contribution >= 0.6 is 0 Å². The number of ether oxygens (including phenoxy) is 2. The van der Waals surface area contributed by atoms with E-state index >= 15 is 0 Å². The van der Waals surface area contributed by atoms with E-state index < -0.39 is 0 Å². The largest absolute Gasteiger partial charge is 0.493 e. The van der Waals surface area contributed by atoms with Crippen LogP contribution < -0.4 is 14.8 Å². The number of benzene rings is 2. The summed E-state index contributed by atoms with van der Waals surface area (Å²) in [6.45, 7) is 7.85. The van der Waals surface area contributed by atoms with Crippen molar-refractivity contribution in [3.05, 3.63) is 59.7 Å². The Labute approximate surface area is 165 Å². The molecule has 0 saturated carbocycles. The molecule has 0 aliphatic carbocycles. The van der Waals surface area contributed by atoms with E-state index in [-0.39, 0.29) is 0 Å². The molecule has 0 amide bonds. The molecule has 2 rings (SSSR count). The molecule has 0 aliphatic rings. The summed E-state index contributed by atoms with van der Waals surface area (Å²) in [5, 5.41) is 3.54. The molecule has 27 heavy (non-hydrogen) atoms. The van der Waals surface area contributed by atoms with Crippen LogP contribution in [-0.4, -0.2) is 26.3 Å². The molecule has 0 aliphatic heterocycles. The highest BCUT2D eigenvalue weighted by Crippen LogP contribution is 2.24. The summed E-state index contributed by atoms with van der Waals surface area (Å²) in [4.78, 5) is 0. The van der Waals surface area contributed by atoms with E-state index in [0.717, 1.165) is 76.3 Å². The van der Waals surface area contributed by atoms with Crippen LogP contribution in [0.4, 0.5) is 0 Å². The number of rotatable bonds is 14. The Morgan fingerprint density at radius 1 is 0.704 bits per heavy atom. The predicted octanol–water partition coefficient (Wildman–Crippen LogP) is 5.42. The summed E-state index contributed by atoms with van der Waals surface area (Å²) in [6.07, 6.45) is 6.49. The summed E-state index contributed by atoms with van der Waals surface area (Å²) in [5.74, 6) is 1.86. The van der Waals surface area contributed by atoms with Gasteiger partial charge < -0.3 is 14.8 Å². The molecule has 2 aromatic carbocycles. The Hall–Kier alpha value is -2.00. The molecule has 0 saturated heterocycles. The fourth-order valence-corrected chi connectivity index (χ4v) is 2.85. The molecular weight excluding hydrogens is 334 g/mol. The van der Waals surface area contributed by atoms with Crippen LogP contribution in [0.25, 0.3) is 0 Å². The molecule has 2 aromatic rings. The molecule has 0 spiro atoms. The highest BCUT2D eigenvalue weighted by molar-refractivity contribution is 5.38. The van der Waals surface area contributed by atoms with Crippen LogP contribution in [0.5, 0.6) is 11.5 Å². The van der Waals surface area contributed by atoms with Gasteiger partial charge in [-0.25, -0.2) is 0 Å².